The first kappa shape index (κ1) is 20.6. The van der Waals surface area contributed by atoms with Crippen LogP contribution in [0, 0.1) is 23.4 Å². The van der Waals surface area contributed by atoms with Crippen LogP contribution >= 0.6 is 0 Å². The zero-order valence-electron chi connectivity index (χ0n) is 16.1. The number of nitrogens with zero attached hydrogens (tertiary/aromatic N) is 1. The second-order valence-corrected chi connectivity index (χ2v) is 7.92. The van der Waals surface area contributed by atoms with Gasteiger partial charge in [0.1, 0.15) is 0 Å². The number of quaternary nitrogens is 1. The number of fused-ring (bicyclic) bond motifs is 1. The molecule has 8 heteroatoms. The molecule has 2 aliphatic rings. The number of hydrogen-bond donors (Lipinski definition) is 2. The summed E-state index contributed by atoms with van der Waals surface area (Å²) in [6.07, 6.45) is 6.80. The predicted molar refractivity (Wildman–Crippen MR) is 98.3 cm³/mol. The fourth-order valence-electron chi connectivity index (χ4n) is 4.45. The molecular weight excluding hydrogens is 371 g/mol. The van der Waals surface area contributed by atoms with Gasteiger partial charge in [-0.3, -0.25) is 9.59 Å². The molecule has 3 atom stereocenters. The third-order valence-electron chi connectivity index (χ3n) is 5.79. The van der Waals surface area contributed by atoms with Crippen molar-refractivity contribution in [1.82, 2.24) is 4.90 Å². The molecule has 1 aliphatic carbocycles. The van der Waals surface area contributed by atoms with Gasteiger partial charge in [0.15, 0.2) is 30.5 Å². The maximum atomic E-state index is 13.7. The summed E-state index contributed by atoms with van der Waals surface area (Å²) in [7, 11) is 1.71. The molecule has 5 nitrogen and oxygen atoms in total. The lowest BCUT2D eigenvalue weighted by atomic mass is 9.78. The van der Waals surface area contributed by atoms with E-state index in [1.165, 1.54) is 19.3 Å². The Kier molecular flexibility index (Phi) is 6.59. The Morgan fingerprint density at radius 2 is 1.79 bits per heavy atom. The Balaban J connectivity index is 1.53. The molecule has 154 valence electrons. The highest BCUT2D eigenvalue weighted by Crippen LogP contribution is 2.35. The lowest BCUT2D eigenvalue weighted by Crippen LogP contribution is -3.11. The number of hydrogen-bond acceptors (Lipinski definition) is 2. The Hall–Kier alpha value is -2.09. The van der Waals surface area contributed by atoms with Gasteiger partial charge >= 0.3 is 0 Å². The third kappa shape index (κ3) is 4.66. The lowest BCUT2D eigenvalue weighted by molar-refractivity contribution is -0.862. The fourth-order valence-corrected chi connectivity index (χ4v) is 4.45. The van der Waals surface area contributed by atoms with Crippen LogP contribution in [-0.2, 0) is 9.59 Å². The minimum Gasteiger partial charge on any atom is -0.335 e. The molecule has 1 heterocycles. The first-order valence-electron chi connectivity index (χ1n) is 9.91. The zero-order chi connectivity index (χ0) is 20.3. The van der Waals surface area contributed by atoms with Crippen molar-refractivity contribution >= 4 is 17.5 Å². The molecule has 2 N–H and O–H groups in total. The summed E-state index contributed by atoms with van der Waals surface area (Å²) in [5.74, 6) is -4.32. The average Bonchev–Trinajstić information content (AvgIpc) is 2.67. The first-order chi connectivity index (χ1) is 13.4. The molecule has 1 saturated heterocycles. The summed E-state index contributed by atoms with van der Waals surface area (Å²) in [6, 6.07) is 2.04. The van der Waals surface area contributed by atoms with Gasteiger partial charge in [0.2, 0.25) is 0 Å². The third-order valence-corrected chi connectivity index (χ3v) is 5.79. The monoisotopic (exact) mass is 398 g/mol. The van der Waals surface area contributed by atoms with Crippen LogP contribution in [0.25, 0.3) is 0 Å². The Bertz CT molecular complexity index is 742. The van der Waals surface area contributed by atoms with E-state index in [2.05, 4.69) is 5.32 Å². The second-order valence-electron chi connectivity index (χ2n) is 7.92. The SMILES string of the molecule is C[NH+](CC(=O)Nc1ccc(F)c(F)c1F)CC(=O)N1CCC[C@H]2CCCC[C@@H]21. The van der Waals surface area contributed by atoms with E-state index < -0.39 is 29.0 Å². The summed E-state index contributed by atoms with van der Waals surface area (Å²) in [4.78, 5) is 27.5. The molecule has 0 bridgehead atoms. The van der Waals surface area contributed by atoms with Gasteiger partial charge in [0.25, 0.3) is 11.8 Å². The van der Waals surface area contributed by atoms with E-state index in [-0.39, 0.29) is 19.0 Å². The van der Waals surface area contributed by atoms with Crippen molar-refractivity contribution in [2.45, 2.75) is 44.6 Å². The van der Waals surface area contributed by atoms with E-state index in [9.17, 15) is 22.8 Å². The van der Waals surface area contributed by atoms with Crippen molar-refractivity contribution in [2.75, 3.05) is 32.0 Å². The number of likely N-dealkylation sites (tertiary alicyclic amines) is 1. The van der Waals surface area contributed by atoms with Crippen molar-refractivity contribution in [3.05, 3.63) is 29.6 Å². The van der Waals surface area contributed by atoms with Gasteiger partial charge in [-0.05, 0) is 43.7 Å². The summed E-state index contributed by atoms with van der Waals surface area (Å²) >= 11 is 0. The summed E-state index contributed by atoms with van der Waals surface area (Å²) in [5, 5.41) is 2.24. The number of piperidine rings is 1. The summed E-state index contributed by atoms with van der Waals surface area (Å²) in [5.41, 5.74) is -0.413. The molecule has 0 spiro atoms. The van der Waals surface area contributed by atoms with Gasteiger partial charge in [0.05, 0.1) is 12.7 Å². The second kappa shape index (κ2) is 8.94. The summed E-state index contributed by atoms with van der Waals surface area (Å²) < 4.78 is 39.9. The number of anilines is 1. The van der Waals surface area contributed by atoms with Crippen LogP contribution in [0.4, 0.5) is 18.9 Å². The molecule has 0 aromatic heterocycles. The number of nitrogens with one attached hydrogen (secondary N) is 2. The Morgan fingerprint density at radius 1 is 1.07 bits per heavy atom. The van der Waals surface area contributed by atoms with Crippen LogP contribution in [0.5, 0.6) is 0 Å². The van der Waals surface area contributed by atoms with E-state index in [1.54, 1.807) is 7.05 Å². The molecule has 2 fully saturated rings. The smallest absolute Gasteiger partial charge is 0.279 e. The van der Waals surface area contributed by atoms with Crippen LogP contribution < -0.4 is 10.2 Å². The molecular formula is C20H27F3N3O2+. The minimum absolute atomic E-state index is 0.0286. The maximum Gasteiger partial charge on any atom is 0.279 e. The Labute approximate surface area is 162 Å². The van der Waals surface area contributed by atoms with Gasteiger partial charge in [0, 0.05) is 12.6 Å². The van der Waals surface area contributed by atoms with Gasteiger partial charge in [-0.15, -0.1) is 0 Å². The number of benzene rings is 1. The molecule has 1 saturated carbocycles. The largest absolute Gasteiger partial charge is 0.335 e. The van der Waals surface area contributed by atoms with Gasteiger partial charge in [-0.25, -0.2) is 13.2 Å². The van der Waals surface area contributed by atoms with Crippen LogP contribution in [0.15, 0.2) is 12.1 Å². The number of carbonyl (C=O) groups excluding carboxylic acids is 2. The lowest BCUT2D eigenvalue weighted by Gasteiger charge is -2.44. The fraction of sp³-hybridized carbons (Fsp3) is 0.600. The van der Waals surface area contributed by atoms with Crippen LogP contribution in [0.2, 0.25) is 0 Å². The van der Waals surface area contributed by atoms with Crippen molar-refractivity contribution in [1.29, 1.82) is 0 Å². The zero-order valence-corrected chi connectivity index (χ0v) is 16.1. The normalized spacial score (nSPS) is 23.1. The number of amides is 2. The molecule has 1 aliphatic heterocycles. The van der Waals surface area contributed by atoms with Gasteiger partial charge in [-0.2, -0.15) is 0 Å². The standard InChI is InChI=1S/C20H26F3N3O2/c1-25(11-17(27)24-15-9-8-14(21)19(22)20(15)23)12-18(28)26-10-4-6-13-5-2-3-7-16(13)26/h8-9,13,16H,2-7,10-12H2,1H3,(H,24,27)/p+1/t13-,16+/m1/s1. The van der Waals surface area contributed by atoms with E-state index in [0.717, 1.165) is 37.9 Å². The van der Waals surface area contributed by atoms with Crippen molar-refractivity contribution in [2.24, 2.45) is 5.92 Å². The molecule has 1 aromatic rings. The quantitative estimate of drug-likeness (QED) is 0.743. The highest BCUT2D eigenvalue weighted by atomic mass is 19.2. The van der Waals surface area contributed by atoms with Crippen LogP contribution in [-0.4, -0.2) is 49.4 Å². The highest BCUT2D eigenvalue weighted by Gasteiger charge is 2.36. The number of carbonyl (C=O) groups is 2. The van der Waals surface area contributed by atoms with Gasteiger partial charge in [-0.1, -0.05) is 12.8 Å². The van der Waals surface area contributed by atoms with Crippen LogP contribution in [0.1, 0.15) is 38.5 Å². The molecule has 1 unspecified atom stereocenters. The predicted octanol–water partition coefficient (Wildman–Crippen LogP) is 1.74. The molecule has 1 aromatic carbocycles. The topological polar surface area (TPSA) is 53.9 Å². The average molecular weight is 398 g/mol. The summed E-state index contributed by atoms with van der Waals surface area (Å²) in [6.45, 7) is 0.850. The van der Waals surface area contributed by atoms with Crippen LogP contribution in [0.3, 0.4) is 0 Å². The Morgan fingerprint density at radius 3 is 2.57 bits per heavy atom. The van der Waals surface area contributed by atoms with E-state index >= 15 is 0 Å². The van der Waals surface area contributed by atoms with Crippen molar-refractivity contribution in [3.8, 4) is 0 Å². The van der Waals surface area contributed by atoms with Crippen molar-refractivity contribution < 1.29 is 27.7 Å². The minimum atomic E-state index is -1.62. The number of likely N-dealkylation sites (N-methyl/N-ethyl adjacent to an activating group) is 1. The molecule has 28 heavy (non-hydrogen) atoms. The maximum absolute atomic E-state index is 13.7. The van der Waals surface area contributed by atoms with E-state index in [4.69, 9.17) is 0 Å². The van der Waals surface area contributed by atoms with Crippen molar-refractivity contribution in [3.63, 3.8) is 0 Å². The number of halogens is 3. The first-order valence-corrected chi connectivity index (χ1v) is 9.91. The van der Waals surface area contributed by atoms with E-state index in [1.807, 2.05) is 4.90 Å². The molecule has 0 radical (unpaired) electrons. The number of rotatable bonds is 5. The molecule has 2 amide bonds. The van der Waals surface area contributed by atoms with E-state index in [0.29, 0.717) is 16.9 Å². The molecule has 3 rings (SSSR count). The highest BCUT2D eigenvalue weighted by molar-refractivity contribution is 5.91. The van der Waals surface area contributed by atoms with Gasteiger partial charge < -0.3 is 15.1 Å².